The number of hydrogen-bond donors (Lipinski definition) is 2. The van der Waals surface area contributed by atoms with E-state index in [9.17, 15) is 4.79 Å². The van der Waals surface area contributed by atoms with Gasteiger partial charge in [-0.25, -0.2) is 0 Å². The summed E-state index contributed by atoms with van der Waals surface area (Å²) < 4.78 is 1.07. The van der Waals surface area contributed by atoms with Gasteiger partial charge in [-0.2, -0.15) is 0 Å². The first-order valence-corrected chi connectivity index (χ1v) is 8.92. The Bertz CT molecular complexity index is 700. The summed E-state index contributed by atoms with van der Waals surface area (Å²) in [7, 11) is 0. The number of carbonyl (C=O) groups excluding carboxylic acids is 1. The fourth-order valence-corrected chi connectivity index (χ4v) is 3.28. The van der Waals surface area contributed by atoms with E-state index in [1.54, 1.807) is 6.92 Å². The van der Waals surface area contributed by atoms with E-state index in [1.807, 2.05) is 42.5 Å². The zero-order valence-corrected chi connectivity index (χ0v) is 15.3. The Hall–Kier alpha value is -1.85. The van der Waals surface area contributed by atoms with Crippen LogP contribution >= 0.6 is 15.9 Å². The molecule has 3 N–H and O–H groups in total. The summed E-state index contributed by atoms with van der Waals surface area (Å²) in [5.41, 5.74) is 7.27. The largest absolute Gasteiger partial charge is 0.369 e. The van der Waals surface area contributed by atoms with E-state index in [-0.39, 0.29) is 11.9 Å². The van der Waals surface area contributed by atoms with Gasteiger partial charge in [0, 0.05) is 29.3 Å². The molecule has 1 fully saturated rings. The molecule has 2 aromatic carbocycles. The highest BCUT2D eigenvalue weighted by Gasteiger charge is 2.33. The van der Waals surface area contributed by atoms with Gasteiger partial charge in [-0.15, -0.1) is 0 Å². The molecule has 0 saturated carbocycles. The molecule has 3 rings (SSSR count). The van der Waals surface area contributed by atoms with Crippen LogP contribution in [0.25, 0.3) is 0 Å². The van der Waals surface area contributed by atoms with Crippen LogP contribution in [0.5, 0.6) is 0 Å². The minimum Gasteiger partial charge on any atom is -0.369 e. The van der Waals surface area contributed by atoms with Crippen molar-refractivity contribution in [1.82, 2.24) is 5.32 Å². The third kappa shape index (κ3) is 3.62. The maximum atomic E-state index is 12.6. The molecule has 2 atom stereocenters. The Morgan fingerprint density at radius 3 is 2.54 bits per heavy atom. The highest BCUT2D eigenvalue weighted by Crippen LogP contribution is 2.23. The summed E-state index contributed by atoms with van der Waals surface area (Å²) in [6, 6.07) is 17.9. The smallest absolute Gasteiger partial charge is 0.244 e. The summed E-state index contributed by atoms with van der Waals surface area (Å²) in [6.07, 6.45) is 0.923. The number of nitrogens with zero attached hydrogens (tertiary/aromatic N) is 1. The number of rotatable bonds is 4. The minimum atomic E-state index is -1.02. The second-order valence-electron chi connectivity index (χ2n) is 6.45. The monoisotopic (exact) mass is 387 g/mol. The Labute approximate surface area is 151 Å². The van der Waals surface area contributed by atoms with Gasteiger partial charge in [-0.1, -0.05) is 46.3 Å². The Morgan fingerprint density at radius 2 is 1.88 bits per heavy atom. The zero-order chi connectivity index (χ0) is 17.2. The lowest BCUT2D eigenvalue weighted by molar-refractivity contribution is -0.126. The molecule has 1 aliphatic heterocycles. The number of carbonyl (C=O) groups is 1. The molecule has 5 heteroatoms. The van der Waals surface area contributed by atoms with Crippen LogP contribution in [0.4, 0.5) is 5.69 Å². The fraction of sp³-hybridized carbons (Fsp3) is 0.316. The van der Waals surface area contributed by atoms with Gasteiger partial charge >= 0.3 is 0 Å². The predicted molar refractivity (Wildman–Crippen MR) is 101 cm³/mol. The standard InChI is InChI=1S/C19H22BrN3O/c1-19(21,14-5-3-2-4-6-14)18(24)22-16-11-12-23(13-16)17-9-7-15(20)8-10-17/h2-10,16H,11-13,21H2,1H3,(H,22,24). The van der Waals surface area contributed by atoms with Gasteiger partial charge in [0.1, 0.15) is 5.54 Å². The number of halogens is 1. The first-order valence-electron chi connectivity index (χ1n) is 8.13. The van der Waals surface area contributed by atoms with Crippen molar-refractivity contribution < 1.29 is 4.79 Å². The van der Waals surface area contributed by atoms with Crippen molar-refractivity contribution in [3.63, 3.8) is 0 Å². The van der Waals surface area contributed by atoms with Crippen LogP contribution in [-0.2, 0) is 10.3 Å². The molecule has 0 aliphatic carbocycles. The summed E-state index contributed by atoms with van der Waals surface area (Å²) in [5, 5.41) is 3.11. The molecular formula is C19H22BrN3O. The van der Waals surface area contributed by atoms with Gasteiger partial charge in [0.25, 0.3) is 0 Å². The predicted octanol–water partition coefficient (Wildman–Crippen LogP) is 3.02. The number of nitrogens with one attached hydrogen (secondary N) is 1. The van der Waals surface area contributed by atoms with Gasteiger partial charge in [-0.05, 0) is 43.2 Å². The molecule has 0 radical (unpaired) electrons. The topological polar surface area (TPSA) is 58.4 Å². The van der Waals surface area contributed by atoms with Crippen LogP contribution in [0.2, 0.25) is 0 Å². The first kappa shape index (κ1) is 17.0. The Morgan fingerprint density at radius 1 is 1.21 bits per heavy atom. The lowest BCUT2D eigenvalue weighted by Gasteiger charge is -2.26. The van der Waals surface area contributed by atoms with Crippen LogP contribution < -0.4 is 16.0 Å². The summed E-state index contributed by atoms with van der Waals surface area (Å²) in [5.74, 6) is -0.128. The van der Waals surface area contributed by atoms with E-state index in [2.05, 4.69) is 38.3 Å². The number of anilines is 1. The van der Waals surface area contributed by atoms with Gasteiger partial charge in [0.15, 0.2) is 0 Å². The number of nitrogens with two attached hydrogens (primary N) is 1. The Balaban J connectivity index is 1.63. The van der Waals surface area contributed by atoms with E-state index < -0.39 is 5.54 Å². The van der Waals surface area contributed by atoms with Gasteiger partial charge in [0.2, 0.25) is 5.91 Å². The third-order valence-electron chi connectivity index (χ3n) is 4.56. The van der Waals surface area contributed by atoms with Gasteiger partial charge in [-0.3, -0.25) is 4.79 Å². The number of hydrogen-bond acceptors (Lipinski definition) is 3. The molecule has 1 saturated heterocycles. The van der Waals surface area contributed by atoms with Crippen LogP contribution in [0.3, 0.4) is 0 Å². The quantitative estimate of drug-likeness (QED) is 0.847. The van der Waals surface area contributed by atoms with Gasteiger partial charge < -0.3 is 16.0 Å². The normalized spacial score (nSPS) is 19.8. The zero-order valence-electron chi connectivity index (χ0n) is 13.7. The molecular weight excluding hydrogens is 366 g/mol. The average molecular weight is 388 g/mol. The lowest BCUT2D eigenvalue weighted by Crippen LogP contribution is -2.52. The number of benzene rings is 2. The molecule has 126 valence electrons. The van der Waals surface area contributed by atoms with Crippen LogP contribution in [0.1, 0.15) is 18.9 Å². The summed E-state index contributed by atoms with van der Waals surface area (Å²) in [6.45, 7) is 3.50. The molecule has 4 nitrogen and oxygen atoms in total. The molecule has 0 bridgehead atoms. The summed E-state index contributed by atoms with van der Waals surface area (Å²) in [4.78, 5) is 14.9. The second kappa shape index (κ2) is 6.95. The highest BCUT2D eigenvalue weighted by atomic mass is 79.9. The van der Waals surface area contributed by atoms with E-state index >= 15 is 0 Å². The third-order valence-corrected chi connectivity index (χ3v) is 5.09. The van der Waals surface area contributed by atoms with Crippen molar-refractivity contribution in [2.24, 2.45) is 5.73 Å². The maximum Gasteiger partial charge on any atom is 0.244 e. The first-order chi connectivity index (χ1) is 11.5. The van der Waals surface area contributed by atoms with Crippen LogP contribution in [0, 0.1) is 0 Å². The van der Waals surface area contributed by atoms with Crippen molar-refractivity contribution in [2.75, 3.05) is 18.0 Å². The lowest BCUT2D eigenvalue weighted by atomic mass is 9.92. The second-order valence-corrected chi connectivity index (χ2v) is 7.37. The molecule has 0 aromatic heterocycles. The van der Waals surface area contributed by atoms with Crippen molar-refractivity contribution >= 4 is 27.5 Å². The molecule has 0 spiro atoms. The van der Waals surface area contributed by atoms with Gasteiger partial charge in [0.05, 0.1) is 0 Å². The van der Waals surface area contributed by atoms with E-state index in [4.69, 9.17) is 5.73 Å². The van der Waals surface area contributed by atoms with Crippen LogP contribution in [0.15, 0.2) is 59.1 Å². The SMILES string of the molecule is CC(N)(C(=O)NC1CCN(c2ccc(Br)cc2)C1)c1ccccc1. The number of amides is 1. The van der Waals surface area contributed by atoms with E-state index in [0.717, 1.165) is 29.5 Å². The molecule has 2 unspecified atom stereocenters. The minimum absolute atomic E-state index is 0.118. The maximum absolute atomic E-state index is 12.6. The molecule has 1 aliphatic rings. The molecule has 2 aromatic rings. The highest BCUT2D eigenvalue weighted by molar-refractivity contribution is 9.10. The fourth-order valence-electron chi connectivity index (χ4n) is 3.02. The van der Waals surface area contributed by atoms with E-state index in [1.165, 1.54) is 5.69 Å². The molecule has 1 heterocycles. The van der Waals surface area contributed by atoms with Crippen molar-refractivity contribution in [3.8, 4) is 0 Å². The molecule has 24 heavy (non-hydrogen) atoms. The van der Waals surface area contributed by atoms with Crippen molar-refractivity contribution in [1.29, 1.82) is 0 Å². The summed E-state index contributed by atoms with van der Waals surface area (Å²) >= 11 is 3.45. The molecule has 1 amide bonds. The Kier molecular flexibility index (Phi) is 4.92. The van der Waals surface area contributed by atoms with Crippen LogP contribution in [-0.4, -0.2) is 25.0 Å². The van der Waals surface area contributed by atoms with Crippen molar-refractivity contribution in [3.05, 3.63) is 64.6 Å². The average Bonchev–Trinajstić information content (AvgIpc) is 3.04. The van der Waals surface area contributed by atoms with Crippen molar-refractivity contribution in [2.45, 2.75) is 24.9 Å². The van der Waals surface area contributed by atoms with E-state index in [0.29, 0.717) is 0 Å².